The molecule has 2 aromatic rings. The Kier molecular flexibility index (Phi) is 5.83. The second-order valence-electron chi connectivity index (χ2n) is 4.29. The molecule has 0 aliphatic heterocycles. The summed E-state index contributed by atoms with van der Waals surface area (Å²) >= 11 is 9.56. The molecule has 1 aromatic heterocycles. The average molecular weight is 356 g/mol. The summed E-state index contributed by atoms with van der Waals surface area (Å²) in [7, 11) is 0. The van der Waals surface area contributed by atoms with Gasteiger partial charge in [-0.2, -0.15) is 0 Å². The minimum atomic E-state index is 0.433. The smallest absolute Gasteiger partial charge is 0.124 e. The summed E-state index contributed by atoms with van der Waals surface area (Å²) in [4.78, 5) is 3.97. The summed E-state index contributed by atoms with van der Waals surface area (Å²) in [5, 5.41) is 3.93. The van der Waals surface area contributed by atoms with E-state index >= 15 is 0 Å². The molecule has 0 spiro atoms. The van der Waals surface area contributed by atoms with E-state index in [2.05, 4.69) is 39.2 Å². The van der Waals surface area contributed by atoms with Gasteiger partial charge in [-0.1, -0.05) is 34.5 Å². The van der Waals surface area contributed by atoms with Crippen molar-refractivity contribution in [2.45, 2.75) is 20.1 Å². The van der Waals surface area contributed by atoms with Crippen molar-refractivity contribution in [2.75, 3.05) is 6.54 Å². The second-order valence-corrected chi connectivity index (χ2v) is 5.61. The van der Waals surface area contributed by atoms with Crippen molar-refractivity contribution < 1.29 is 4.74 Å². The molecule has 106 valence electrons. The molecule has 0 atom stereocenters. The summed E-state index contributed by atoms with van der Waals surface area (Å²) in [5.41, 5.74) is 2.05. The Morgan fingerprint density at radius 3 is 2.90 bits per heavy atom. The average Bonchev–Trinajstić information content (AvgIpc) is 2.45. The van der Waals surface area contributed by atoms with E-state index in [4.69, 9.17) is 16.3 Å². The first kappa shape index (κ1) is 15.3. The molecular formula is C15H16BrClN2O. The minimum Gasteiger partial charge on any atom is -0.489 e. The van der Waals surface area contributed by atoms with Crippen LogP contribution in [0.2, 0.25) is 5.02 Å². The topological polar surface area (TPSA) is 34.1 Å². The van der Waals surface area contributed by atoms with Crippen molar-refractivity contribution in [3.05, 3.63) is 57.3 Å². The first-order chi connectivity index (χ1) is 9.70. The molecule has 1 N–H and O–H groups in total. The third-order valence-electron chi connectivity index (χ3n) is 2.83. The summed E-state index contributed by atoms with van der Waals surface area (Å²) in [5.74, 6) is 0.863. The van der Waals surface area contributed by atoms with Crippen molar-refractivity contribution >= 4 is 27.5 Å². The predicted octanol–water partition coefficient (Wildman–Crippen LogP) is 4.19. The number of pyridine rings is 1. The monoisotopic (exact) mass is 354 g/mol. The van der Waals surface area contributed by atoms with Gasteiger partial charge in [-0.15, -0.1) is 0 Å². The normalized spacial score (nSPS) is 10.6. The SMILES string of the molecule is CCNCc1cc(Br)ccc1OCc1ccncc1Cl. The lowest BCUT2D eigenvalue weighted by Gasteiger charge is -2.13. The molecule has 1 heterocycles. The second kappa shape index (κ2) is 7.62. The molecule has 0 unspecified atom stereocenters. The number of rotatable bonds is 6. The Labute approximate surface area is 132 Å². The molecule has 0 bridgehead atoms. The van der Waals surface area contributed by atoms with Crippen LogP contribution in [0.15, 0.2) is 41.1 Å². The van der Waals surface area contributed by atoms with Gasteiger partial charge in [0.05, 0.1) is 5.02 Å². The van der Waals surface area contributed by atoms with Crippen molar-refractivity contribution in [3.63, 3.8) is 0 Å². The van der Waals surface area contributed by atoms with Gasteiger partial charge in [-0.3, -0.25) is 4.98 Å². The van der Waals surface area contributed by atoms with Gasteiger partial charge in [-0.25, -0.2) is 0 Å². The molecule has 0 saturated heterocycles. The summed E-state index contributed by atoms with van der Waals surface area (Å²) in [6, 6.07) is 7.86. The summed E-state index contributed by atoms with van der Waals surface area (Å²) in [6.07, 6.45) is 3.34. The van der Waals surface area contributed by atoms with E-state index in [1.54, 1.807) is 12.4 Å². The van der Waals surface area contributed by atoms with Gasteiger partial charge < -0.3 is 10.1 Å². The zero-order valence-corrected chi connectivity index (χ0v) is 13.5. The summed E-state index contributed by atoms with van der Waals surface area (Å²) in [6.45, 7) is 4.20. The van der Waals surface area contributed by atoms with Crippen LogP contribution >= 0.6 is 27.5 Å². The maximum atomic E-state index is 6.08. The van der Waals surface area contributed by atoms with Crippen LogP contribution in [-0.2, 0) is 13.2 Å². The minimum absolute atomic E-state index is 0.433. The van der Waals surface area contributed by atoms with Crippen LogP contribution in [0.5, 0.6) is 5.75 Å². The number of hydrogen-bond donors (Lipinski definition) is 1. The maximum absolute atomic E-state index is 6.08. The number of nitrogens with zero attached hydrogens (tertiary/aromatic N) is 1. The third kappa shape index (κ3) is 4.20. The highest BCUT2D eigenvalue weighted by Crippen LogP contribution is 2.25. The van der Waals surface area contributed by atoms with Crippen LogP contribution in [0.25, 0.3) is 0 Å². The predicted molar refractivity (Wildman–Crippen MR) is 85.1 cm³/mol. The van der Waals surface area contributed by atoms with Crippen LogP contribution < -0.4 is 10.1 Å². The van der Waals surface area contributed by atoms with Gasteiger partial charge in [0.25, 0.3) is 0 Å². The number of ether oxygens (including phenoxy) is 1. The van der Waals surface area contributed by atoms with Crippen molar-refractivity contribution in [3.8, 4) is 5.75 Å². The van der Waals surface area contributed by atoms with Crippen LogP contribution in [0.4, 0.5) is 0 Å². The standard InChI is InChI=1S/C15H16BrClN2O/c1-2-18-8-12-7-13(16)3-4-15(12)20-10-11-5-6-19-9-14(11)17/h3-7,9,18H,2,8,10H2,1H3. The molecule has 2 rings (SSSR count). The van der Waals surface area contributed by atoms with E-state index < -0.39 is 0 Å². The lowest BCUT2D eigenvalue weighted by molar-refractivity contribution is 0.302. The summed E-state index contributed by atoms with van der Waals surface area (Å²) < 4.78 is 6.92. The Morgan fingerprint density at radius 1 is 1.30 bits per heavy atom. The third-order valence-corrected chi connectivity index (χ3v) is 3.66. The van der Waals surface area contributed by atoms with Crippen LogP contribution in [-0.4, -0.2) is 11.5 Å². The Bertz CT molecular complexity index is 578. The van der Waals surface area contributed by atoms with Crippen molar-refractivity contribution in [1.82, 2.24) is 10.3 Å². The molecule has 5 heteroatoms. The van der Waals surface area contributed by atoms with Crippen molar-refractivity contribution in [2.24, 2.45) is 0 Å². The molecule has 1 aromatic carbocycles. The first-order valence-corrected chi connectivity index (χ1v) is 7.58. The van der Waals surface area contributed by atoms with E-state index in [1.807, 2.05) is 18.2 Å². The molecule has 0 fully saturated rings. The van der Waals surface area contributed by atoms with Gasteiger partial charge in [0.15, 0.2) is 0 Å². The lowest BCUT2D eigenvalue weighted by Crippen LogP contribution is -2.13. The van der Waals surface area contributed by atoms with Gasteiger partial charge in [-0.05, 0) is 30.8 Å². The zero-order chi connectivity index (χ0) is 14.4. The van der Waals surface area contributed by atoms with Crippen LogP contribution in [0.1, 0.15) is 18.1 Å². The number of hydrogen-bond acceptors (Lipinski definition) is 3. The number of aromatic nitrogens is 1. The number of nitrogens with one attached hydrogen (secondary N) is 1. The van der Waals surface area contributed by atoms with Gasteiger partial charge in [0.2, 0.25) is 0 Å². The molecule has 0 radical (unpaired) electrons. The van der Waals surface area contributed by atoms with E-state index in [9.17, 15) is 0 Å². The zero-order valence-electron chi connectivity index (χ0n) is 11.2. The fourth-order valence-corrected chi connectivity index (χ4v) is 2.35. The number of benzene rings is 1. The lowest BCUT2D eigenvalue weighted by atomic mass is 10.2. The molecule has 0 aliphatic carbocycles. The van der Waals surface area contributed by atoms with Crippen LogP contribution in [0.3, 0.4) is 0 Å². The highest BCUT2D eigenvalue weighted by molar-refractivity contribution is 9.10. The van der Waals surface area contributed by atoms with E-state index in [0.29, 0.717) is 11.6 Å². The quantitative estimate of drug-likeness (QED) is 0.844. The highest BCUT2D eigenvalue weighted by atomic mass is 79.9. The van der Waals surface area contributed by atoms with Gasteiger partial charge in [0, 0.05) is 34.5 Å². The number of halogens is 2. The van der Waals surface area contributed by atoms with Crippen LogP contribution in [0, 0.1) is 0 Å². The molecule has 0 amide bonds. The fraction of sp³-hybridized carbons (Fsp3) is 0.267. The van der Waals surface area contributed by atoms with E-state index in [0.717, 1.165) is 34.4 Å². The first-order valence-electron chi connectivity index (χ1n) is 6.41. The van der Waals surface area contributed by atoms with Gasteiger partial charge >= 0.3 is 0 Å². The fourth-order valence-electron chi connectivity index (χ4n) is 1.76. The highest BCUT2D eigenvalue weighted by Gasteiger charge is 2.06. The Morgan fingerprint density at radius 2 is 2.15 bits per heavy atom. The largest absolute Gasteiger partial charge is 0.489 e. The van der Waals surface area contributed by atoms with Crippen molar-refractivity contribution in [1.29, 1.82) is 0 Å². The van der Waals surface area contributed by atoms with E-state index in [1.165, 1.54) is 0 Å². The molecule has 0 saturated carbocycles. The van der Waals surface area contributed by atoms with Gasteiger partial charge in [0.1, 0.15) is 12.4 Å². The Hall–Kier alpha value is -1.10. The molecule has 3 nitrogen and oxygen atoms in total. The Balaban J connectivity index is 2.10. The molecular weight excluding hydrogens is 340 g/mol. The van der Waals surface area contributed by atoms with E-state index in [-0.39, 0.29) is 0 Å². The maximum Gasteiger partial charge on any atom is 0.124 e. The molecule has 0 aliphatic rings. The molecule has 20 heavy (non-hydrogen) atoms.